The zero-order chi connectivity index (χ0) is 24.0. The fraction of sp³-hybridized carbons (Fsp3) is 0.462. The molecule has 3 aliphatic rings. The zero-order valence-corrected chi connectivity index (χ0v) is 19.8. The van der Waals surface area contributed by atoms with Gasteiger partial charge in [0, 0.05) is 56.9 Å². The summed E-state index contributed by atoms with van der Waals surface area (Å²) in [7, 11) is 0. The summed E-state index contributed by atoms with van der Waals surface area (Å²) in [6.45, 7) is 6.47. The van der Waals surface area contributed by atoms with Crippen molar-refractivity contribution in [3.8, 4) is 11.5 Å². The standard InChI is InChI=1S/C26H31N3O6/c30-25(20-4-2-1-3-5-20)28(9-8-27-10-13-32-14-11-27)17-22-18-29(12-15-33-22)26(31)21-6-7-23-24(16-21)35-19-34-23/h1-7,16,22H,8-15,17-19H2. The molecular weight excluding hydrogens is 450 g/mol. The number of carbonyl (C=O) groups excluding carboxylic acids is 2. The van der Waals surface area contributed by atoms with Crippen LogP contribution < -0.4 is 9.47 Å². The Morgan fingerprint density at radius 3 is 2.54 bits per heavy atom. The van der Waals surface area contributed by atoms with Crippen LogP contribution in [0.2, 0.25) is 0 Å². The van der Waals surface area contributed by atoms with E-state index in [9.17, 15) is 9.59 Å². The fourth-order valence-corrected chi connectivity index (χ4v) is 4.60. The lowest BCUT2D eigenvalue weighted by Crippen LogP contribution is -2.52. The first-order valence-corrected chi connectivity index (χ1v) is 12.1. The Balaban J connectivity index is 1.25. The predicted octanol–water partition coefficient (Wildman–Crippen LogP) is 1.73. The molecule has 2 aromatic rings. The molecule has 2 amide bonds. The Hall–Kier alpha value is -3.14. The van der Waals surface area contributed by atoms with Crippen molar-refractivity contribution in [2.75, 3.05) is 72.4 Å². The van der Waals surface area contributed by atoms with Gasteiger partial charge < -0.3 is 28.7 Å². The van der Waals surface area contributed by atoms with E-state index in [0.717, 1.165) is 32.8 Å². The minimum atomic E-state index is -0.265. The van der Waals surface area contributed by atoms with E-state index in [0.29, 0.717) is 55.4 Å². The largest absolute Gasteiger partial charge is 0.454 e. The molecule has 2 fully saturated rings. The summed E-state index contributed by atoms with van der Waals surface area (Å²) < 4.78 is 22.2. The number of amides is 2. The highest BCUT2D eigenvalue weighted by Crippen LogP contribution is 2.33. The van der Waals surface area contributed by atoms with Gasteiger partial charge in [-0.2, -0.15) is 0 Å². The number of hydrogen-bond donors (Lipinski definition) is 0. The van der Waals surface area contributed by atoms with Crippen molar-refractivity contribution in [3.05, 3.63) is 59.7 Å². The van der Waals surface area contributed by atoms with E-state index >= 15 is 0 Å². The highest BCUT2D eigenvalue weighted by Gasteiger charge is 2.29. The van der Waals surface area contributed by atoms with Crippen LogP contribution in [-0.4, -0.2) is 105 Å². The molecule has 186 valence electrons. The molecule has 2 aromatic carbocycles. The number of ether oxygens (including phenoxy) is 4. The third kappa shape index (κ3) is 5.75. The summed E-state index contributed by atoms with van der Waals surface area (Å²) in [4.78, 5) is 32.5. The van der Waals surface area contributed by atoms with E-state index in [1.165, 1.54) is 0 Å². The van der Waals surface area contributed by atoms with Gasteiger partial charge in [-0.3, -0.25) is 14.5 Å². The molecule has 0 aliphatic carbocycles. The average Bonchev–Trinajstić information content (AvgIpc) is 3.39. The van der Waals surface area contributed by atoms with E-state index in [2.05, 4.69) is 4.90 Å². The van der Waals surface area contributed by atoms with Gasteiger partial charge in [-0.25, -0.2) is 0 Å². The van der Waals surface area contributed by atoms with Crippen molar-refractivity contribution in [3.63, 3.8) is 0 Å². The van der Waals surface area contributed by atoms with Gasteiger partial charge in [-0.05, 0) is 30.3 Å². The second kappa shape index (κ2) is 11.1. The van der Waals surface area contributed by atoms with Gasteiger partial charge >= 0.3 is 0 Å². The van der Waals surface area contributed by atoms with Crippen LogP contribution in [0, 0.1) is 0 Å². The molecule has 0 N–H and O–H groups in total. The second-order valence-corrected chi connectivity index (χ2v) is 8.88. The second-order valence-electron chi connectivity index (χ2n) is 8.88. The van der Waals surface area contributed by atoms with E-state index in [4.69, 9.17) is 18.9 Å². The van der Waals surface area contributed by atoms with Gasteiger partial charge in [0.25, 0.3) is 11.8 Å². The number of benzene rings is 2. The summed E-state index contributed by atoms with van der Waals surface area (Å²) in [5.74, 6) is 1.13. The average molecular weight is 482 g/mol. The molecule has 1 atom stereocenters. The summed E-state index contributed by atoms with van der Waals surface area (Å²) in [5.41, 5.74) is 1.21. The van der Waals surface area contributed by atoms with Crippen LogP contribution in [0.25, 0.3) is 0 Å². The van der Waals surface area contributed by atoms with Crippen molar-refractivity contribution >= 4 is 11.8 Å². The molecule has 35 heavy (non-hydrogen) atoms. The van der Waals surface area contributed by atoms with Crippen LogP contribution in [0.15, 0.2) is 48.5 Å². The SMILES string of the molecule is O=C(c1ccc2c(c1)OCO2)N1CCOC(CN(CCN2CCOCC2)C(=O)c2ccccc2)C1. The molecular formula is C26H31N3O6. The van der Waals surface area contributed by atoms with Crippen LogP contribution in [0.1, 0.15) is 20.7 Å². The molecule has 9 heteroatoms. The molecule has 9 nitrogen and oxygen atoms in total. The third-order valence-corrected chi connectivity index (χ3v) is 6.57. The highest BCUT2D eigenvalue weighted by molar-refractivity contribution is 5.95. The third-order valence-electron chi connectivity index (χ3n) is 6.57. The normalized spacial score (nSPS) is 20.0. The van der Waals surface area contributed by atoms with Gasteiger partial charge in [-0.15, -0.1) is 0 Å². The minimum absolute atomic E-state index is 0.0262. The Labute approximate surface area is 205 Å². The van der Waals surface area contributed by atoms with Crippen LogP contribution >= 0.6 is 0 Å². The maximum absolute atomic E-state index is 13.4. The van der Waals surface area contributed by atoms with Crippen molar-refractivity contribution < 1.29 is 28.5 Å². The van der Waals surface area contributed by atoms with Crippen LogP contribution in [-0.2, 0) is 9.47 Å². The summed E-state index contributed by atoms with van der Waals surface area (Å²) in [6.07, 6.45) is -0.265. The van der Waals surface area contributed by atoms with E-state index in [-0.39, 0.29) is 24.7 Å². The molecule has 0 bridgehead atoms. The Kier molecular flexibility index (Phi) is 7.46. The van der Waals surface area contributed by atoms with Crippen LogP contribution in [0.4, 0.5) is 0 Å². The molecule has 3 heterocycles. The Morgan fingerprint density at radius 2 is 1.71 bits per heavy atom. The van der Waals surface area contributed by atoms with Gasteiger partial charge in [0.2, 0.25) is 6.79 Å². The first kappa shape index (κ1) is 23.6. The van der Waals surface area contributed by atoms with Crippen LogP contribution in [0.5, 0.6) is 11.5 Å². The molecule has 1 unspecified atom stereocenters. The maximum Gasteiger partial charge on any atom is 0.254 e. The quantitative estimate of drug-likeness (QED) is 0.596. The predicted molar refractivity (Wildman–Crippen MR) is 128 cm³/mol. The smallest absolute Gasteiger partial charge is 0.254 e. The first-order chi connectivity index (χ1) is 17.2. The lowest BCUT2D eigenvalue weighted by Gasteiger charge is -2.36. The zero-order valence-electron chi connectivity index (χ0n) is 19.8. The summed E-state index contributed by atoms with van der Waals surface area (Å²) in [6, 6.07) is 14.6. The number of hydrogen-bond acceptors (Lipinski definition) is 7. The minimum Gasteiger partial charge on any atom is -0.454 e. The van der Waals surface area contributed by atoms with Gasteiger partial charge in [0.05, 0.1) is 25.9 Å². The Morgan fingerprint density at radius 1 is 0.914 bits per heavy atom. The molecule has 3 aliphatic heterocycles. The lowest BCUT2D eigenvalue weighted by atomic mass is 10.1. The van der Waals surface area contributed by atoms with Crippen molar-refractivity contribution in [2.24, 2.45) is 0 Å². The number of fused-ring (bicyclic) bond motifs is 1. The van der Waals surface area contributed by atoms with E-state index < -0.39 is 0 Å². The number of carbonyl (C=O) groups is 2. The monoisotopic (exact) mass is 481 g/mol. The summed E-state index contributed by atoms with van der Waals surface area (Å²) in [5, 5.41) is 0. The highest BCUT2D eigenvalue weighted by atomic mass is 16.7. The molecule has 5 rings (SSSR count). The fourth-order valence-electron chi connectivity index (χ4n) is 4.60. The van der Waals surface area contributed by atoms with Gasteiger partial charge in [0.15, 0.2) is 11.5 Å². The number of rotatable bonds is 7. The maximum atomic E-state index is 13.4. The summed E-state index contributed by atoms with van der Waals surface area (Å²) >= 11 is 0. The van der Waals surface area contributed by atoms with E-state index in [1.54, 1.807) is 23.1 Å². The molecule has 2 saturated heterocycles. The van der Waals surface area contributed by atoms with Gasteiger partial charge in [0.1, 0.15) is 0 Å². The molecule has 0 saturated carbocycles. The number of morpholine rings is 2. The van der Waals surface area contributed by atoms with Crippen molar-refractivity contribution in [1.82, 2.24) is 14.7 Å². The van der Waals surface area contributed by atoms with Crippen molar-refractivity contribution in [2.45, 2.75) is 6.10 Å². The first-order valence-electron chi connectivity index (χ1n) is 12.1. The topological polar surface area (TPSA) is 80.8 Å². The Bertz CT molecular complexity index is 1030. The molecule has 0 aromatic heterocycles. The van der Waals surface area contributed by atoms with Crippen LogP contribution in [0.3, 0.4) is 0 Å². The van der Waals surface area contributed by atoms with Crippen molar-refractivity contribution in [1.29, 1.82) is 0 Å². The lowest BCUT2D eigenvalue weighted by molar-refractivity contribution is -0.0346. The van der Waals surface area contributed by atoms with Gasteiger partial charge in [-0.1, -0.05) is 18.2 Å². The van der Waals surface area contributed by atoms with E-state index in [1.807, 2.05) is 35.2 Å². The number of nitrogens with zero attached hydrogens (tertiary/aromatic N) is 3. The molecule has 0 radical (unpaired) electrons. The molecule has 0 spiro atoms.